The van der Waals surface area contributed by atoms with E-state index in [1.54, 1.807) is 6.07 Å². The SMILES string of the molecule is NC(CO)c1cc(F)c2c(c1)OCCCO2. The zero-order valence-electron chi connectivity index (χ0n) is 8.78. The third kappa shape index (κ3) is 2.10. The van der Waals surface area contributed by atoms with E-state index in [1.807, 2.05) is 0 Å². The lowest BCUT2D eigenvalue weighted by Gasteiger charge is -2.13. The van der Waals surface area contributed by atoms with Crippen LogP contribution >= 0.6 is 0 Å². The molecule has 0 spiro atoms. The van der Waals surface area contributed by atoms with Crippen molar-refractivity contribution in [2.24, 2.45) is 5.73 Å². The minimum atomic E-state index is -0.605. The van der Waals surface area contributed by atoms with Crippen LogP contribution in [0, 0.1) is 5.82 Å². The maximum Gasteiger partial charge on any atom is 0.197 e. The molecule has 0 saturated heterocycles. The van der Waals surface area contributed by atoms with E-state index in [-0.39, 0.29) is 12.4 Å². The summed E-state index contributed by atoms with van der Waals surface area (Å²) >= 11 is 0. The van der Waals surface area contributed by atoms with Crippen molar-refractivity contribution in [1.82, 2.24) is 0 Å². The van der Waals surface area contributed by atoms with Crippen LogP contribution < -0.4 is 15.2 Å². The third-order valence-electron chi connectivity index (χ3n) is 2.45. The maximum atomic E-state index is 13.7. The third-order valence-corrected chi connectivity index (χ3v) is 2.45. The molecule has 0 saturated carbocycles. The average molecular weight is 227 g/mol. The lowest BCUT2D eigenvalue weighted by Crippen LogP contribution is -2.15. The number of rotatable bonds is 2. The van der Waals surface area contributed by atoms with Crippen LogP contribution in [0.15, 0.2) is 12.1 Å². The van der Waals surface area contributed by atoms with Crippen LogP contribution in [0.4, 0.5) is 4.39 Å². The molecule has 0 fully saturated rings. The highest BCUT2D eigenvalue weighted by molar-refractivity contribution is 5.45. The Kier molecular flexibility index (Phi) is 3.26. The van der Waals surface area contributed by atoms with Gasteiger partial charge in [0.15, 0.2) is 17.3 Å². The van der Waals surface area contributed by atoms with Gasteiger partial charge in [0.1, 0.15) is 0 Å². The minimum Gasteiger partial charge on any atom is -0.489 e. The van der Waals surface area contributed by atoms with Crippen molar-refractivity contribution < 1.29 is 19.0 Å². The van der Waals surface area contributed by atoms with Crippen LogP contribution in [-0.2, 0) is 0 Å². The molecule has 1 aromatic carbocycles. The Bertz CT molecular complexity index is 384. The summed E-state index contributed by atoms with van der Waals surface area (Å²) in [4.78, 5) is 0. The molecule has 0 bridgehead atoms. The highest BCUT2D eigenvalue weighted by atomic mass is 19.1. The molecule has 16 heavy (non-hydrogen) atoms. The zero-order valence-corrected chi connectivity index (χ0v) is 8.78. The normalized spacial score (nSPS) is 16.7. The summed E-state index contributed by atoms with van der Waals surface area (Å²) in [5.41, 5.74) is 6.13. The number of halogens is 1. The van der Waals surface area contributed by atoms with Gasteiger partial charge in [-0.15, -0.1) is 0 Å². The van der Waals surface area contributed by atoms with E-state index in [9.17, 15) is 4.39 Å². The van der Waals surface area contributed by atoms with Gasteiger partial charge in [-0.3, -0.25) is 0 Å². The van der Waals surface area contributed by atoms with E-state index >= 15 is 0 Å². The summed E-state index contributed by atoms with van der Waals surface area (Å²) < 4.78 is 24.3. The van der Waals surface area contributed by atoms with E-state index in [0.29, 0.717) is 24.5 Å². The molecule has 1 heterocycles. The van der Waals surface area contributed by atoms with Crippen molar-refractivity contribution in [3.05, 3.63) is 23.5 Å². The first-order chi connectivity index (χ1) is 7.72. The molecule has 2 rings (SSSR count). The van der Waals surface area contributed by atoms with Crippen LogP contribution in [0.25, 0.3) is 0 Å². The molecule has 1 atom stereocenters. The lowest BCUT2D eigenvalue weighted by atomic mass is 10.1. The standard InChI is InChI=1S/C11H14FNO3/c12-8-4-7(9(13)6-14)5-10-11(8)16-3-1-2-15-10/h4-5,9,14H,1-3,6,13H2. The number of ether oxygens (including phenoxy) is 2. The highest BCUT2D eigenvalue weighted by Crippen LogP contribution is 2.34. The number of aliphatic hydroxyl groups is 1. The molecule has 5 heteroatoms. The van der Waals surface area contributed by atoms with Gasteiger partial charge in [-0.1, -0.05) is 0 Å². The van der Waals surface area contributed by atoms with Crippen molar-refractivity contribution >= 4 is 0 Å². The molecule has 0 aromatic heterocycles. The first-order valence-corrected chi connectivity index (χ1v) is 5.18. The van der Waals surface area contributed by atoms with Crippen molar-refractivity contribution in [1.29, 1.82) is 0 Å². The maximum absolute atomic E-state index is 13.7. The Morgan fingerprint density at radius 2 is 2.12 bits per heavy atom. The van der Waals surface area contributed by atoms with Crippen LogP contribution in [-0.4, -0.2) is 24.9 Å². The second-order valence-corrected chi connectivity index (χ2v) is 3.67. The first-order valence-electron chi connectivity index (χ1n) is 5.18. The summed E-state index contributed by atoms with van der Waals surface area (Å²) in [6.45, 7) is 0.693. The summed E-state index contributed by atoms with van der Waals surface area (Å²) in [6, 6.07) is 2.28. The van der Waals surface area contributed by atoms with E-state index in [2.05, 4.69) is 0 Å². The van der Waals surface area contributed by atoms with Gasteiger partial charge in [0.05, 0.1) is 25.9 Å². The van der Waals surface area contributed by atoms with Gasteiger partial charge in [0.25, 0.3) is 0 Å². The Balaban J connectivity index is 2.39. The number of benzene rings is 1. The van der Waals surface area contributed by atoms with Crippen LogP contribution in [0.3, 0.4) is 0 Å². The van der Waals surface area contributed by atoms with Gasteiger partial charge in [-0.05, 0) is 17.7 Å². The molecule has 88 valence electrons. The smallest absolute Gasteiger partial charge is 0.197 e. The Hall–Kier alpha value is -1.33. The fourth-order valence-corrected chi connectivity index (χ4v) is 1.57. The topological polar surface area (TPSA) is 64.7 Å². The monoisotopic (exact) mass is 227 g/mol. The fraction of sp³-hybridized carbons (Fsp3) is 0.455. The number of hydrogen-bond donors (Lipinski definition) is 2. The molecule has 1 aliphatic rings. The van der Waals surface area contributed by atoms with Gasteiger partial charge in [0.2, 0.25) is 0 Å². The zero-order chi connectivity index (χ0) is 11.5. The molecule has 4 nitrogen and oxygen atoms in total. The quantitative estimate of drug-likeness (QED) is 0.790. The van der Waals surface area contributed by atoms with Crippen LogP contribution in [0.5, 0.6) is 11.5 Å². The molecule has 0 amide bonds. The molecule has 1 aliphatic heterocycles. The minimum absolute atomic E-state index is 0.131. The molecule has 0 radical (unpaired) electrons. The average Bonchev–Trinajstić information content (AvgIpc) is 2.53. The molecule has 1 unspecified atom stereocenters. The van der Waals surface area contributed by atoms with E-state index < -0.39 is 11.9 Å². The van der Waals surface area contributed by atoms with Gasteiger partial charge < -0.3 is 20.3 Å². The molecule has 0 aliphatic carbocycles. The molecule has 1 aromatic rings. The van der Waals surface area contributed by atoms with E-state index in [1.165, 1.54) is 6.07 Å². The summed E-state index contributed by atoms with van der Waals surface area (Å²) in [6.07, 6.45) is 0.718. The Morgan fingerprint density at radius 1 is 1.38 bits per heavy atom. The second-order valence-electron chi connectivity index (χ2n) is 3.67. The van der Waals surface area contributed by atoms with Crippen LogP contribution in [0.1, 0.15) is 18.0 Å². The van der Waals surface area contributed by atoms with Crippen molar-refractivity contribution in [2.75, 3.05) is 19.8 Å². The largest absolute Gasteiger partial charge is 0.489 e. The molecular formula is C11H14FNO3. The summed E-state index contributed by atoms with van der Waals surface area (Å²) in [5, 5.41) is 8.92. The Morgan fingerprint density at radius 3 is 2.88 bits per heavy atom. The predicted molar refractivity (Wildman–Crippen MR) is 56.0 cm³/mol. The van der Waals surface area contributed by atoms with E-state index in [4.69, 9.17) is 20.3 Å². The number of fused-ring (bicyclic) bond motifs is 1. The van der Waals surface area contributed by atoms with E-state index in [0.717, 1.165) is 6.42 Å². The van der Waals surface area contributed by atoms with Crippen molar-refractivity contribution in [2.45, 2.75) is 12.5 Å². The summed E-state index contributed by atoms with van der Waals surface area (Å²) in [7, 11) is 0. The number of aliphatic hydroxyl groups excluding tert-OH is 1. The predicted octanol–water partition coefficient (Wildman–Crippen LogP) is 0.979. The Labute approximate surface area is 92.8 Å². The molecule has 3 N–H and O–H groups in total. The lowest BCUT2D eigenvalue weighted by molar-refractivity contribution is 0.267. The first kappa shape index (κ1) is 11.2. The van der Waals surface area contributed by atoms with Crippen LogP contribution in [0.2, 0.25) is 0 Å². The molecular weight excluding hydrogens is 213 g/mol. The number of nitrogens with two attached hydrogens (primary N) is 1. The summed E-state index contributed by atoms with van der Waals surface area (Å²) in [5.74, 6) is -0.0129. The highest BCUT2D eigenvalue weighted by Gasteiger charge is 2.18. The number of hydrogen-bond acceptors (Lipinski definition) is 4. The second kappa shape index (κ2) is 4.67. The van der Waals surface area contributed by atoms with Gasteiger partial charge in [-0.25, -0.2) is 4.39 Å². The van der Waals surface area contributed by atoms with Crippen molar-refractivity contribution in [3.63, 3.8) is 0 Å². The van der Waals surface area contributed by atoms with Gasteiger partial charge >= 0.3 is 0 Å². The van der Waals surface area contributed by atoms with Crippen molar-refractivity contribution in [3.8, 4) is 11.5 Å². The van der Waals surface area contributed by atoms with Gasteiger partial charge in [-0.2, -0.15) is 0 Å². The van der Waals surface area contributed by atoms with Gasteiger partial charge in [0, 0.05) is 6.42 Å². The fourth-order valence-electron chi connectivity index (χ4n) is 1.57.